The summed E-state index contributed by atoms with van der Waals surface area (Å²) in [4.78, 5) is 24.0. The number of methoxy groups -OCH3 is 1. The van der Waals surface area contributed by atoms with Gasteiger partial charge in [0.1, 0.15) is 6.42 Å². The van der Waals surface area contributed by atoms with Gasteiger partial charge in [-0.15, -0.1) is 0 Å². The molecule has 92 valence electrons. The van der Waals surface area contributed by atoms with Crippen molar-refractivity contribution in [3.8, 4) is 0 Å². The number of carbonyl (C=O) groups is 2. The first kappa shape index (κ1) is 13.7. The van der Waals surface area contributed by atoms with Gasteiger partial charge in [-0.25, -0.2) is 0 Å². The number of nitrogens with zero attached hydrogens (tertiary/aromatic N) is 1. The maximum atomic E-state index is 11.6. The van der Waals surface area contributed by atoms with Crippen LogP contribution in [0.2, 0.25) is 0 Å². The van der Waals surface area contributed by atoms with Crippen LogP contribution in [0.5, 0.6) is 0 Å². The van der Waals surface area contributed by atoms with Crippen molar-refractivity contribution in [2.24, 2.45) is 0 Å². The Kier molecular flexibility index (Phi) is 5.15. The molecule has 1 amide bonds. The Labute approximate surface area is 109 Å². The first-order valence-electron chi connectivity index (χ1n) is 5.08. The smallest absolute Gasteiger partial charge is 0.315 e. The standard InChI is InChI=1S/C12H14BrNO3/c1-14(11(15)7-12(16)17-2)8-9-3-5-10(13)6-4-9/h3-6H,7-8H2,1-2H3. The van der Waals surface area contributed by atoms with Gasteiger partial charge in [0.15, 0.2) is 0 Å². The number of hydrogen-bond donors (Lipinski definition) is 0. The lowest BCUT2D eigenvalue weighted by Crippen LogP contribution is -2.28. The Morgan fingerprint density at radius 1 is 1.29 bits per heavy atom. The monoisotopic (exact) mass is 299 g/mol. The van der Waals surface area contributed by atoms with E-state index in [1.54, 1.807) is 7.05 Å². The number of hydrogen-bond acceptors (Lipinski definition) is 3. The normalized spacial score (nSPS) is 9.82. The van der Waals surface area contributed by atoms with E-state index in [9.17, 15) is 9.59 Å². The summed E-state index contributed by atoms with van der Waals surface area (Å²) in [6.07, 6.45) is -0.219. The Balaban J connectivity index is 2.54. The highest BCUT2D eigenvalue weighted by molar-refractivity contribution is 9.10. The molecule has 0 unspecified atom stereocenters. The molecule has 0 heterocycles. The zero-order valence-corrected chi connectivity index (χ0v) is 11.4. The molecular weight excluding hydrogens is 286 g/mol. The van der Waals surface area contributed by atoms with Crippen molar-refractivity contribution in [3.05, 3.63) is 34.3 Å². The molecule has 4 nitrogen and oxygen atoms in total. The van der Waals surface area contributed by atoms with Gasteiger partial charge in [0.2, 0.25) is 5.91 Å². The molecule has 5 heteroatoms. The van der Waals surface area contributed by atoms with Crippen LogP contribution in [0.1, 0.15) is 12.0 Å². The van der Waals surface area contributed by atoms with Crippen LogP contribution < -0.4 is 0 Å². The second kappa shape index (κ2) is 6.39. The second-order valence-electron chi connectivity index (χ2n) is 3.63. The number of amides is 1. The van der Waals surface area contributed by atoms with E-state index in [0.717, 1.165) is 10.0 Å². The third-order valence-electron chi connectivity index (χ3n) is 2.28. The van der Waals surface area contributed by atoms with Crippen molar-refractivity contribution >= 4 is 27.8 Å². The molecule has 0 radical (unpaired) electrons. The van der Waals surface area contributed by atoms with E-state index in [1.807, 2.05) is 24.3 Å². The average Bonchev–Trinajstić information content (AvgIpc) is 2.31. The molecule has 0 saturated heterocycles. The molecule has 17 heavy (non-hydrogen) atoms. The summed E-state index contributed by atoms with van der Waals surface area (Å²) < 4.78 is 5.43. The minimum absolute atomic E-state index is 0.219. The molecule has 0 bridgehead atoms. The van der Waals surface area contributed by atoms with Crippen molar-refractivity contribution in [2.75, 3.05) is 14.2 Å². The number of halogens is 1. The van der Waals surface area contributed by atoms with Crippen LogP contribution in [0.3, 0.4) is 0 Å². The summed E-state index contributed by atoms with van der Waals surface area (Å²) >= 11 is 3.34. The molecule has 0 aliphatic rings. The third kappa shape index (κ3) is 4.56. The Bertz CT molecular complexity index is 403. The van der Waals surface area contributed by atoms with Gasteiger partial charge in [-0.1, -0.05) is 28.1 Å². The minimum atomic E-state index is -0.516. The van der Waals surface area contributed by atoms with Crippen molar-refractivity contribution < 1.29 is 14.3 Å². The lowest BCUT2D eigenvalue weighted by molar-refractivity contribution is -0.146. The molecule has 0 N–H and O–H groups in total. The Hall–Kier alpha value is -1.36. The van der Waals surface area contributed by atoms with Gasteiger partial charge < -0.3 is 9.64 Å². The van der Waals surface area contributed by atoms with Crippen LogP contribution in [0.15, 0.2) is 28.7 Å². The quantitative estimate of drug-likeness (QED) is 0.631. The van der Waals surface area contributed by atoms with Crippen LogP contribution in [-0.4, -0.2) is 30.9 Å². The SMILES string of the molecule is COC(=O)CC(=O)N(C)Cc1ccc(Br)cc1. The predicted octanol–water partition coefficient (Wildman–Crippen LogP) is 1.97. The number of ether oxygens (including phenoxy) is 1. The second-order valence-corrected chi connectivity index (χ2v) is 4.54. The summed E-state index contributed by atoms with van der Waals surface area (Å²) in [7, 11) is 2.93. The van der Waals surface area contributed by atoms with Crippen LogP contribution in [-0.2, 0) is 20.9 Å². The summed E-state index contributed by atoms with van der Waals surface area (Å²) in [5.74, 6) is -0.766. The highest BCUT2D eigenvalue weighted by atomic mass is 79.9. The fourth-order valence-corrected chi connectivity index (χ4v) is 1.55. The predicted molar refractivity (Wildman–Crippen MR) is 67.2 cm³/mol. The average molecular weight is 300 g/mol. The van der Waals surface area contributed by atoms with Crippen molar-refractivity contribution in [2.45, 2.75) is 13.0 Å². The molecule has 1 aromatic carbocycles. The molecule has 0 fully saturated rings. The summed E-state index contributed by atoms with van der Waals surface area (Å²) in [6.45, 7) is 0.475. The lowest BCUT2D eigenvalue weighted by Gasteiger charge is -2.16. The highest BCUT2D eigenvalue weighted by Gasteiger charge is 2.14. The molecule has 0 aliphatic heterocycles. The zero-order valence-electron chi connectivity index (χ0n) is 9.77. The van der Waals surface area contributed by atoms with Crippen molar-refractivity contribution in [3.63, 3.8) is 0 Å². The first-order chi connectivity index (χ1) is 8.02. The van der Waals surface area contributed by atoms with E-state index >= 15 is 0 Å². The van der Waals surface area contributed by atoms with Gasteiger partial charge in [0.25, 0.3) is 0 Å². The van der Waals surface area contributed by atoms with Crippen LogP contribution in [0.25, 0.3) is 0 Å². The number of rotatable bonds is 4. The van der Waals surface area contributed by atoms with E-state index in [4.69, 9.17) is 0 Å². The summed E-state index contributed by atoms with van der Waals surface area (Å²) in [5, 5.41) is 0. The highest BCUT2D eigenvalue weighted by Crippen LogP contribution is 2.12. The number of carbonyl (C=O) groups excluding carboxylic acids is 2. The largest absolute Gasteiger partial charge is 0.469 e. The zero-order chi connectivity index (χ0) is 12.8. The van der Waals surface area contributed by atoms with E-state index in [2.05, 4.69) is 20.7 Å². The van der Waals surface area contributed by atoms with Crippen LogP contribution in [0.4, 0.5) is 0 Å². The fourth-order valence-electron chi connectivity index (χ4n) is 1.28. The maximum Gasteiger partial charge on any atom is 0.315 e. The van der Waals surface area contributed by atoms with Crippen molar-refractivity contribution in [1.82, 2.24) is 4.90 Å². The van der Waals surface area contributed by atoms with Gasteiger partial charge in [0, 0.05) is 18.1 Å². The molecule has 0 spiro atoms. The van der Waals surface area contributed by atoms with E-state index < -0.39 is 5.97 Å². The summed E-state index contributed by atoms with van der Waals surface area (Å²) in [5.41, 5.74) is 1.01. The number of esters is 1. The fraction of sp³-hybridized carbons (Fsp3) is 0.333. The molecule has 1 aromatic rings. The molecule has 0 saturated carbocycles. The van der Waals surface area contributed by atoms with E-state index in [0.29, 0.717) is 6.54 Å². The van der Waals surface area contributed by atoms with Crippen molar-refractivity contribution in [1.29, 1.82) is 0 Å². The minimum Gasteiger partial charge on any atom is -0.469 e. The van der Waals surface area contributed by atoms with E-state index in [-0.39, 0.29) is 12.3 Å². The third-order valence-corrected chi connectivity index (χ3v) is 2.81. The van der Waals surface area contributed by atoms with Gasteiger partial charge in [-0.3, -0.25) is 9.59 Å². The Morgan fingerprint density at radius 2 is 1.88 bits per heavy atom. The van der Waals surface area contributed by atoms with E-state index in [1.165, 1.54) is 12.0 Å². The summed E-state index contributed by atoms with van der Waals surface area (Å²) in [6, 6.07) is 7.67. The molecule has 0 aromatic heterocycles. The van der Waals surface area contributed by atoms with Gasteiger partial charge in [0.05, 0.1) is 7.11 Å². The topological polar surface area (TPSA) is 46.6 Å². The molecular formula is C12H14BrNO3. The van der Waals surface area contributed by atoms with Gasteiger partial charge in [-0.2, -0.15) is 0 Å². The first-order valence-corrected chi connectivity index (χ1v) is 5.87. The molecule has 0 aliphatic carbocycles. The molecule has 0 atom stereocenters. The van der Waals surface area contributed by atoms with Gasteiger partial charge in [-0.05, 0) is 17.7 Å². The lowest BCUT2D eigenvalue weighted by atomic mass is 10.2. The number of benzene rings is 1. The molecule has 1 rings (SSSR count). The van der Waals surface area contributed by atoms with Gasteiger partial charge >= 0.3 is 5.97 Å². The Morgan fingerprint density at radius 3 is 2.41 bits per heavy atom. The van der Waals surface area contributed by atoms with Crippen LogP contribution >= 0.6 is 15.9 Å². The maximum absolute atomic E-state index is 11.6. The van der Waals surface area contributed by atoms with Crippen LogP contribution in [0, 0.1) is 0 Å².